The van der Waals surface area contributed by atoms with Gasteiger partial charge < -0.3 is 4.74 Å². The fraction of sp³-hybridized carbons (Fsp3) is 0.278. The number of hydrogen-bond donors (Lipinski definition) is 0. The van der Waals surface area contributed by atoms with Crippen LogP contribution in [0.25, 0.3) is 0 Å². The van der Waals surface area contributed by atoms with Gasteiger partial charge in [0.25, 0.3) is 0 Å². The Morgan fingerprint density at radius 1 is 1.19 bits per heavy atom. The maximum atomic E-state index is 12.8. The first-order valence-corrected chi connectivity index (χ1v) is 7.51. The van der Waals surface area contributed by atoms with Gasteiger partial charge in [-0.25, -0.2) is 0 Å². The Balaban J connectivity index is 1.89. The standard InChI is InChI=1S/C18H17ClO2/c1-21-17-9-8-15(19)11-16(17)18(20)14-7-6-12-4-2-3-5-13(12)10-14/h2-5,8-9,11,14H,6-7,10H2,1H3. The fourth-order valence-corrected chi connectivity index (χ4v) is 3.19. The molecule has 0 saturated heterocycles. The van der Waals surface area contributed by atoms with E-state index in [0.29, 0.717) is 16.3 Å². The molecule has 1 aliphatic rings. The Hall–Kier alpha value is -1.80. The summed E-state index contributed by atoms with van der Waals surface area (Å²) in [6.45, 7) is 0. The number of hydrogen-bond acceptors (Lipinski definition) is 2. The van der Waals surface area contributed by atoms with E-state index in [4.69, 9.17) is 16.3 Å². The molecular formula is C18H17ClO2. The third-order valence-electron chi connectivity index (χ3n) is 4.14. The van der Waals surface area contributed by atoms with E-state index in [2.05, 4.69) is 18.2 Å². The lowest BCUT2D eigenvalue weighted by Gasteiger charge is -2.24. The fourth-order valence-electron chi connectivity index (χ4n) is 3.01. The molecule has 1 unspecified atom stereocenters. The van der Waals surface area contributed by atoms with Crippen LogP contribution in [0.4, 0.5) is 0 Å². The van der Waals surface area contributed by atoms with Crippen molar-refractivity contribution in [3.63, 3.8) is 0 Å². The molecule has 0 amide bonds. The van der Waals surface area contributed by atoms with E-state index >= 15 is 0 Å². The zero-order valence-corrected chi connectivity index (χ0v) is 12.7. The molecule has 0 saturated carbocycles. The normalized spacial score (nSPS) is 17.1. The SMILES string of the molecule is COc1ccc(Cl)cc1C(=O)C1CCc2ccccc2C1. The van der Waals surface area contributed by atoms with Crippen LogP contribution in [-0.4, -0.2) is 12.9 Å². The highest BCUT2D eigenvalue weighted by Gasteiger charge is 2.27. The molecule has 3 rings (SSSR count). The minimum atomic E-state index is 0.00673. The number of carbonyl (C=O) groups is 1. The van der Waals surface area contributed by atoms with E-state index in [9.17, 15) is 4.79 Å². The van der Waals surface area contributed by atoms with Gasteiger partial charge in [-0.2, -0.15) is 0 Å². The molecule has 0 aromatic heterocycles. The average molecular weight is 301 g/mol. The average Bonchev–Trinajstić information content (AvgIpc) is 2.53. The Bertz CT molecular complexity index is 679. The monoisotopic (exact) mass is 300 g/mol. The highest BCUT2D eigenvalue weighted by molar-refractivity contribution is 6.31. The molecule has 21 heavy (non-hydrogen) atoms. The van der Waals surface area contributed by atoms with Crippen molar-refractivity contribution < 1.29 is 9.53 Å². The van der Waals surface area contributed by atoms with Crippen molar-refractivity contribution >= 4 is 17.4 Å². The van der Waals surface area contributed by atoms with Crippen LogP contribution in [0.5, 0.6) is 5.75 Å². The molecule has 0 bridgehead atoms. The Kier molecular flexibility index (Phi) is 3.98. The first kappa shape index (κ1) is 14.2. The van der Waals surface area contributed by atoms with Gasteiger partial charge in [-0.1, -0.05) is 35.9 Å². The summed E-state index contributed by atoms with van der Waals surface area (Å²) in [6, 6.07) is 13.6. The van der Waals surface area contributed by atoms with Crippen LogP contribution in [0.15, 0.2) is 42.5 Å². The Morgan fingerprint density at radius 3 is 2.71 bits per heavy atom. The predicted molar refractivity (Wildman–Crippen MR) is 84.3 cm³/mol. The summed E-state index contributed by atoms with van der Waals surface area (Å²) in [4.78, 5) is 12.8. The molecule has 0 fully saturated rings. The number of halogens is 1. The molecule has 0 aliphatic heterocycles. The molecule has 1 atom stereocenters. The summed E-state index contributed by atoms with van der Waals surface area (Å²) in [7, 11) is 1.58. The van der Waals surface area contributed by atoms with Gasteiger partial charge in [0.15, 0.2) is 5.78 Å². The lowest BCUT2D eigenvalue weighted by Crippen LogP contribution is -2.23. The molecule has 2 aromatic carbocycles. The number of fused-ring (bicyclic) bond motifs is 1. The number of methoxy groups -OCH3 is 1. The van der Waals surface area contributed by atoms with Crippen LogP contribution in [0.3, 0.4) is 0 Å². The molecule has 2 aromatic rings. The van der Waals surface area contributed by atoms with Crippen molar-refractivity contribution in [2.45, 2.75) is 19.3 Å². The first-order valence-electron chi connectivity index (χ1n) is 7.13. The van der Waals surface area contributed by atoms with Crippen molar-refractivity contribution in [2.75, 3.05) is 7.11 Å². The number of rotatable bonds is 3. The van der Waals surface area contributed by atoms with Crippen LogP contribution in [-0.2, 0) is 12.8 Å². The topological polar surface area (TPSA) is 26.3 Å². The van der Waals surface area contributed by atoms with Crippen molar-refractivity contribution in [3.05, 3.63) is 64.2 Å². The largest absolute Gasteiger partial charge is 0.496 e. The van der Waals surface area contributed by atoms with Crippen molar-refractivity contribution in [3.8, 4) is 5.75 Å². The minimum Gasteiger partial charge on any atom is -0.496 e. The third kappa shape index (κ3) is 2.81. The number of aryl methyl sites for hydroxylation is 1. The second kappa shape index (κ2) is 5.90. The highest BCUT2D eigenvalue weighted by atomic mass is 35.5. The molecular weight excluding hydrogens is 284 g/mol. The number of ketones is 1. The van der Waals surface area contributed by atoms with E-state index in [1.54, 1.807) is 25.3 Å². The van der Waals surface area contributed by atoms with Gasteiger partial charge in [-0.15, -0.1) is 0 Å². The van der Waals surface area contributed by atoms with Crippen LogP contribution in [0.2, 0.25) is 5.02 Å². The summed E-state index contributed by atoms with van der Waals surface area (Å²) in [6.07, 6.45) is 2.63. The lowest BCUT2D eigenvalue weighted by atomic mass is 9.80. The molecule has 1 aliphatic carbocycles. The van der Waals surface area contributed by atoms with Crippen LogP contribution >= 0.6 is 11.6 Å². The lowest BCUT2D eigenvalue weighted by molar-refractivity contribution is 0.0905. The maximum absolute atomic E-state index is 12.8. The van der Waals surface area contributed by atoms with Gasteiger partial charge in [0.05, 0.1) is 12.7 Å². The minimum absolute atomic E-state index is 0.00673. The second-order valence-corrected chi connectivity index (χ2v) is 5.85. The van der Waals surface area contributed by atoms with E-state index in [0.717, 1.165) is 19.3 Å². The van der Waals surface area contributed by atoms with Gasteiger partial charge in [0.2, 0.25) is 0 Å². The van der Waals surface area contributed by atoms with E-state index in [-0.39, 0.29) is 11.7 Å². The van der Waals surface area contributed by atoms with E-state index < -0.39 is 0 Å². The quantitative estimate of drug-likeness (QED) is 0.788. The Labute approximate surface area is 129 Å². The molecule has 0 N–H and O–H groups in total. The summed E-state index contributed by atoms with van der Waals surface area (Å²) >= 11 is 6.03. The molecule has 2 nitrogen and oxygen atoms in total. The Morgan fingerprint density at radius 2 is 1.95 bits per heavy atom. The third-order valence-corrected chi connectivity index (χ3v) is 4.38. The van der Waals surface area contributed by atoms with Crippen molar-refractivity contribution in [2.24, 2.45) is 5.92 Å². The van der Waals surface area contributed by atoms with Crippen LogP contribution in [0.1, 0.15) is 27.9 Å². The molecule has 108 valence electrons. The van der Waals surface area contributed by atoms with Gasteiger partial charge in [-0.3, -0.25) is 4.79 Å². The van der Waals surface area contributed by atoms with Crippen LogP contribution in [0, 0.1) is 5.92 Å². The smallest absolute Gasteiger partial charge is 0.170 e. The summed E-state index contributed by atoms with van der Waals surface area (Å²) in [5.41, 5.74) is 3.23. The van der Waals surface area contributed by atoms with Gasteiger partial charge in [0.1, 0.15) is 5.75 Å². The van der Waals surface area contributed by atoms with Crippen molar-refractivity contribution in [1.29, 1.82) is 0 Å². The highest BCUT2D eigenvalue weighted by Crippen LogP contribution is 2.31. The first-order chi connectivity index (χ1) is 10.2. The van der Waals surface area contributed by atoms with E-state index in [1.807, 2.05) is 6.07 Å². The second-order valence-electron chi connectivity index (χ2n) is 5.42. The number of benzene rings is 2. The summed E-state index contributed by atoms with van der Waals surface area (Å²) in [5, 5.41) is 0.565. The summed E-state index contributed by atoms with van der Waals surface area (Å²) in [5.74, 6) is 0.736. The van der Waals surface area contributed by atoms with E-state index in [1.165, 1.54) is 11.1 Å². The zero-order chi connectivity index (χ0) is 14.8. The molecule has 0 heterocycles. The molecule has 0 radical (unpaired) electrons. The number of carbonyl (C=O) groups excluding carboxylic acids is 1. The maximum Gasteiger partial charge on any atom is 0.170 e. The molecule has 3 heteroatoms. The van der Waals surface area contributed by atoms with Gasteiger partial charge in [0, 0.05) is 10.9 Å². The van der Waals surface area contributed by atoms with Crippen molar-refractivity contribution in [1.82, 2.24) is 0 Å². The summed E-state index contributed by atoms with van der Waals surface area (Å²) < 4.78 is 5.30. The number of ether oxygens (including phenoxy) is 1. The van der Waals surface area contributed by atoms with Gasteiger partial charge >= 0.3 is 0 Å². The predicted octanol–water partition coefficient (Wildman–Crippen LogP) is 4.34. The molecule has 0 spiro atoms. The van der Waals surface area contributed by atoms with Crippen LogP contribution < -0.4 is 4.74 Å². The number of Topliss-reactive ketones (excluding diaryl/α,β-unsaturated/α-hetero) is 1. The van der Waals surface area contributed by atoms with Gasteiger partial charge in [-0.05, 0) is 48.6 Å². The zero-order valence-electron chi connectivity index (χ0n) is 11.9.